The first-order valence-corrected chi connectivity index (χ1v) is 10.7. The molecule has 0 bridgehead atoms. The molecule has 0 aliphatic carbocycles. The van der Waals surface area contributed by atoms with E-state index in [1.54, 1.807) is 4.68 Å². The molecule has 0 saturated carbocycles. The summed E-state index contributed by atoms with van der Waals surface area (Å²) in [5, 5.41) is 15.4. The van der Waals surface area contributed by atoms with Crippen LogP contribution in [0.25, 0.3) is 5.69 Å². The topological polar surface area (TPSA) is 72.7 Å². The fourth-order valence-corrected chi connectivity index (χ4v) is 3.96. The van der Waals surface area contributed by atoms with E-state index >= 15 is 0 Å². The molecular formula is C19H21N5OS2. The van der Waals surface area contributed by atoms with Gasteiger partial charge in [0.2, 0.25) is 11.1 Å². The standard InChI is InChI=1S/C19H21N5OS2/c1-15-7-5-6-10-17(15)24-19(21-22-23-24)27-14-18(25)20-11-12-26-13-16-8-3-2-4-9-16/h2-10H,11-14H2,1H3,(H,20,25). The predicted octanol–water partition coefficient (Wildman–Crippen LogP) is 3.11. The molecular weight excluding hydrogens is 378 g/mol. The number of nitrogens with one attached hydrogen (secondary N) is 1. The lowest BCUT2D eigenvalue weighted by atomic mass is 10.2. The van der Waals surface area contributed by atoms with Crippen LogP contribution in [0.5, 0.6) is 0 Å². The smallest absolute Gasteiger partial charge is 0.230 e. The molecule has 140 valence electrons. The van der Waals surface area contributed by atoms with Crippen molar-refractivity contribution in [1.29, 1.82) is 0 Å². The van der Waals surface area contributed by atoms with Crippen LogP contribution in [0.3, 0.4) is 0 Å². The van der Waals surface area contributed by atoms with Crippen LogP contribution >= 0.6 is 23.5 Å². The van der Waals surface area contributed by atoms with Crippen molar-refractivity contribution < 1.29 is 4.79 Å². The van der Waals surface area contributed by atoms with E-state index in [-0.39, 0.29) is 11.7 Å². The maximum Gasteiger partial charge on any atom is 0.230 e. The normalized spacial score (nSPS) is 10.7. The highest BCUT2D eigenvalue weighted by Crippen LogP contribution is 2.20. The second kappa shape index (κ2) is 10.1. The lowest BCUT2D eigenvalue weighted by Crippen LogP contribution is -2.27. The number of thioether (sulfide) groups is 2. The van der Waals surface area contributed by atoms with Crippen LogP contribution in [0.15, 0.2) is 59.8 Å². The number of carbonyl (C=O) groups excluding carboxylic acids is 1. The van der Waals surface area contributed by atoms with Gasteiger partial charge in [0.1, 0.15) is 0 Å². The Morgan fingerprint density at radius 1 is 1.11 bits per heavy atom. The second-order valence-corrected chi connectivity index (χ2v) is 7.88. The molecule has 0 spiro atoms. The van der Waals surface area contributed by atoms with Crippen LogP contribution in [0.4, 0.5) is 0 Å². The highest BCUT2D eigenvalue weighted by Gasteiger charge is 2.12. The minimum absolute atomic E-state index is 0.0142. The zero-order valence-corrected chi connectivity index (χ0v) is 16.7. The van der Waals surface area contributed by atoms with E-state index in [1.807, 2.05) is 61.2 Å². The summed E-state index contributed by atoms with van der Waals surface area (Å²) in [4.78, 5) is 12.1. The molecule has 3 aromatic rings. The second-order valence-electron chi connectivity index (χ2n) is 5.84. The third-order valence-corrected chi connectivity index (χ3v) is 5.75. The number of aryl methyl sites for hydroxylation is 1. The van der Waals surface area contributed by atoms with E-state index < -0.39 is 0 Å². The van der Waals surface area contributed by atoms with Crippen molar-refractivity contribution in [1.82, 2.24) is 25.5 Å². The summed E-state index contributed by atoms with van der Waals surface area (Å²) in [6.07, 6.45) is 0. The molecule has 1 amide bonds. The summed E-state index contributed by atoms with van der Waals surface area (Å²) in [5.74, 6) is 2.11. The molecule has 2 aromatic carbocycles. The van der Waals surface area contributed by atoms with Crippen molar-refractivity contribution in [3.05, 3.63) is 65.7 Å². The Hall–Kier alpha value is -2.32. The van der Waals surface area contributed by atoms with Gasteiger partial charge in [0.25, 0.3) is 0 Å². The van der Waals surface area contributed by atoms with E-state index in [1.165, 1.54) is 17.3 Å². The number of nitrogens with zero attached hydrogens (tertiary/aromatic N) is 4. The molecule has 0 fully saturated rings. The number of rotatable bonds is 9. The third kappa shape index (κ3) is 5.83. The fraction of sp³-hybridized carbons (Fsp3) is 0.263. The fourth-order valence-electron chi connectivity index (χ4n) is 2.43. The van der Waals surface area contributed by atoms with Crippen LogP contribution in [0, 0.1) is 6.92 Å². The highest BCUT2D eigenvalue weighted by atomic mass is 32.2. The van der Waals surface area contributed by atoms with Crippen molar-refractivity contribution >= 4 is 29.4 Å². The quantitative estimate of drug-likeness (QED) is 0.440. The van der Waals surface area contributed by atoms with Gasteiger partial charge in [0.15, 0.2) is 0 Å². The van der Waals surface area contributed by atoms with Gasteiger partial charge in [-0.1, -0.05) is 60.3 Å². The van der Waals surface area contributed by atoms with E-state index in [9.17, 15) is 4.79 Å². The number of aromatic nitrogens is 4. The molecule has 6 nitrogen and oxygen atoms in total. The van der Waals surface area contributed by atoms with Gasteiger partial charge in [-0.2, -0.15) is 16.4 Å². The Balaban J connectivity index is 1.40. The third-order valence-electron chi connectivity index (χ3n) is 3.80. The molecule has 1 heterocycles. The van der Waals surface area contributed by atoms with Gasteiger partial charge in [-0.05, 0) is 34.5 Å². The Labute approximate surface area is 167 Å². The Bertz CT molecular complexity index is 869. The van der Waals surface area contributed by atoms with Crippen LogP contribution in [0.1, 0.15) is 11.1 Å². The minimum atomic E-state index is -0.0142. The van der Waals surface area contributed by atoms with E-state index in [2.05, 4.69) is 33.0 Å². The molecule has 0 radical (unpaired) electrons. The highest BCUT2D eigenvalue weighted by molar-refractivity contribution is 7.99. The molecule has 27 heavy (non-hydrogen) atoms. The van der Waals surface area contributed by atoms with E-state index in [0.29, 0.717) is 11.7 Å². The van der Waals surface area contributed by atoms with Gasteiger partial charge in [0, 0.05) is 18.1 Å². The lowest BCUT2D eigenvalue weighted by molar-refractivity contribution is -0.118. The lowest BCUT2D eigenvalue weighted by Gasteiger charge is -2.07. The number of carbonyl (C=O) groups is 1. The summed E-state index contributed by atoms with van der Waals surface area (Å²) < 4.78 is 1.67. The predicted molar refractivity (Wildman–Crippen MR) is 110 cm³/mol. The van der Waals surface area contributed by atoms with Crippen molar-refractivity contribution in [3.63, 3.8) is 0 Å². The molecule has 8 heteroatoms. The van der Waals surface area contributed by atoms with Crippen LogP contribution in [-0.2, 0) is 10.5 Å². The molecule has 0 aliphatic rings. The largest absolute Gasteiger partial charge is 0.355 e. The number of para-hydroxylation sites is 1. The molecule has 0 aliphatic heterocycles. The van der Waals surface area contributed by atoms with Crippen molar-refractivity contribution in [2.75, 3.05) is 18.1 Å². The van der Waals surface area contributed by atoms with E-state index in [0.717, 1.165) is 22.8 Å². The first-order chi connectivity index (χ1) is 13.2. The Morgan fingerprint density at radius 3 is 2.70 bits per heavy atom. The van der Waals surface area contributed by atoms with Crippen LogP contribution in [0.2, 0.25) is 0 Å². The number of hydrogen-bond acceptors (Lipinski definition) is 6. The SMILES string of the molecule is Cc1ccccc1-n1nnnc1SCC(=O)NCCSCc1ccccc1. The molecule has 1 aromatic heterocycles. The molecule has 0 atom stereocenters. The van der Waals surface area contributed by atoms with Gasteiger partial charge in [0.05, 0.1) is 11.4 Å². The first kappa shape index (κ1) is 19.4. The van der Waals surface area contributed by atoms with Crippen LogP contribution < -0.4 is 5.32 Å². The number of tetrazole rings is 1. The molecule has 1 N–H and O–H groups in total. The number of benzene rings is 2. The maximum absolute atomic E-state index is 12.1. The maximum atomic E-state index is 12.1. The summed E-state index contributed by atoms with van der Waals surface area (Å²) in [6.45, 7) is 2.66. The van der Waals surface area contributed by atoms with Crippen LogP contribution in [-0.4, -0.2) is 44.2 Å². The van der Waals surface area contributed by atoms with Crippen molar-refractivity contribution in [3.8, 4) is 5.69 Å². The van der Waals surface area contributed by atoms with Gasteiger partial charge >= 0.3 is 0 Å². The molecule has 0 saturated heterocycles. The molecule has 0 unspecified atom stereocenters. The number of hydrogen-bond donors (Lipinski definition) is 1. The molecule has 3 rings (SSSR count). The van der Waals surface area contributed by atoms with E-state index in [4.69, 9.17) is 0 Å². The van der Waals surface area contributed by atoms with Gasteiger partial charge in [-0.25, -0.2) is 0 Å². The van der Waals surface area contributed by atoms with Gasteiger partial charge in [-0.3, -0.25) is 4.79 Å². The average molecular weight is 400 g/mol. The zero-order chi connectivity index (χ0) is 18.9. The minimum Gasteiger partial charge on any atom is -0.355 e. The summed E-state index contributed by atoms with van der Waals surface area (Å²) >= 11 is 3.14. The Kier molecular flexibility index (Phi) is 7.29. The first-order valence-electron chi connectivity index (χ1n) is 8.59. The summed E-state index contributed by atoms with van der Waals surface area (Å²) in [7, 11) is 0. The average Bonchev–Trinajstić information content (AvgIpc) is 3.15. The Morgan fingerprint density at radius 2 is 1.89 bits per heavy atom. The van der Waals surface area contributed by atoms with Gasteiger partial charge < -0.3 is 5.32 Å². The van der Waals surface area contributed by atoms with Gasteiger partial charge in [-0.15, -0.1) is 5.10 Å². The summed E-state index contributed by atoms with van der Waals surface area (Å²) in [5.41, 5.74) is 3.29. The van der Waals surface area contributed by atoms with Crippen molar-refractivity contribution in [2.45, 2.75) is 17.8 Å². The summed E-state index contributed by atoms with van der Waals surface area (Å²) in [6, 6.07) is 18.2. The van der Waals surface area contributed by atoms with Crippen molar-refractivity contribution in [2.24, 2.45) is 0 Å². The zero-order valence-electron chi connectivity index (χ0n) is 15.0. The monoisotopic (exact) mass is 399 g/mol. The number of amides is 1.